The molecule has 0 aliphatic heterocycles. The topological polar surface area (TPSA) is 74.6 Å². The first kappa shape index (κ1) is 21.6. The minimum absolute atomic E-state index is 0.0677. The zero-order valence-electron chi connectivity index (χ0n) is 16.6. The van der Waals surface area contributed by atoms with Gasteiger partial charge < -0.3 is 10.2 Å². The van der Waals surface area contributed by atoms with Crippen LogP contribution >= 0.6 is 0 Å². The van der Waals surface area contributed by atoms with Crippen molar-refractivity contribution < 1.29 is 33.0 Å². The lowest BCUT2D eigenvalue weighted by atomic mass is 9.45. The van der Waals surface area contributed by atoms with Gasteiger partial charge in [0.25, 0.3) is 0 Å². The Balaban J connectivity index is 0.000000279. The molecule has 0 radical (unpaired) electrons. The summed E-state index contributed by atoms with van der Waals surface area (Å²) in [6, 6.07) is 0. The van der Waals surface area contributed by atoms with E-state index in [2.05, 4.69) is 13.8 Å². The average molecular weight is 404 g/mol. The molecule has 160 valence electrons. The molecule has 4 rings (SSSR count). The van der Waals surface area contributed by atoms with Gasteiger partial charge in [0.05, 0.1) is 6.10 Å². The van der Waals surface area contributed by atoms with Gasteiger partial charge in [-0.05, 0) is 79.4 Å². The van der Waals surface area contributed by atoms with Crippen molar-refractivity contribution in [2.24, 2.45) is 34.5 Å². The highest BCUT2D eigenvalue weighted by Crippen LogP contribution is 2.65. The zero-order valence-corrected chi connectivity index (χ0v) is 16.6. The third-order valence-electron chi connectivity index (χ3n) is 8.67. The van der Waals surface area contributed by atoms with Crippen LogP contribution in [0.25, 0.3) is 0 Å². The van der Waals surface area contributed by atoms with Crippen LogP contribution in [0, 0.1) is 34.5 Å². The van der Waals surface area contributed by atoms with E-state index in [-0.39, 0.29) is 11.5 Å². The molecule has 4 aliphatic carbocycles. The number of hydrogen-bond donors (Lipinski definition) is 2. The van der Waals surface area contributed by atoms with Crippen molar-refractivity contribution in [3.05, 3.63) is 0 Å². The molecule has 0 amide bonds. The molecular formula is C21H31F3O4. The van der Waals surface area contributed by atoms with Gasteiger partial charge in [-0.2, -0.15) is 13.2 Å². The summed E-state index contributed by atoms with van der Waals surface area (Å²) in [5, 5.41) is 17.6. The van der Waals surface area contributed by atoms with Crippen LogP contribution in [0.3, 0.4) is 0 Å². The Hall–Kier alpha value is -1.11. The zero-order chi connectivity index (χ0) is 20.9. The monoisotopic (exact) mass is 404 g/mol. The van der Waals surface area contributed by atoms with Crippen LogP contribution in [-0.4, -0.2) is 34.2 Å². The fraction of sp³-hybridized carbons (Fsp3) is 0.905. The van der Waals surface area contributed by atoms with E-state index in [0.29, 0.717) is 17.1 Å². The third kappa shape index (κ3) is 3.59. The Morgan fingerprint density at radius 3 is 2.21 bits per heavy atom. The number of carboxylic acids is 1. The predicted octanol–water partition coefficient (Wildman–Crippen LogP) is 4.59. The van der Waals surface area contributed by atoms with Gasteiger partial charge in [0, 0.05) is 12.8 Å². The van der Waals surface area contributed by atoms with E-state index < -0.39 is 12.1 Å². The summed E-state index contributed by atoms with van der Waals surface area (Å²) in [7, 11) is 0. The SMILES string of the molecule is C[C@]12CCC(=O)C[C@H]1CC[C@@H]1[C@@H]2CC[C@]2(C)[C@H](O)CC[C@@H]12.O=C(O)C(F)(F)F. The molecule has 0 spiro atoms. The van der Waals surface area contributed by atoms with Crippen LogP contribution in [0.2, 0.25) is 0 Å². The van der Waals surface area contributed by atoms with Crippen LogP contribution in [0.5, 0.6) is 0 Å². The van der Waals surface area contributed by atoms with E-state index in [1.807, 2.05) is 0 Å². The summed E-state index contributed by atoms with van der Waals surface area (Å²) < 4.78 is 31.7. The van der Waals surface area contributed by atoms with Crippen molar-refractivity contribution in [3.8, 4) is 0 Å². The lowest BCUT2D eigenvalue weighted by Gasteiger charge is -2.60. The van der Waals surface area contributed by atoms with Gasteiger partial charge in [-0.3, -0.25) is 4.79 Å². The van der Waals surface area contributed by atoms with E-state index in [4.69, 9.17) is 9.90 Å². The van der Waals surface area contributed by atoms with Crippen LogP contribution in [0.15, 0.2) is 0 Å². The molecule has 2 N–H and O–H groups in total. The molecule has 4 saturated carbocycles. The number of carbonyl (C=O) groups is 2. The van der Waals surface area contributed by atoms with Crippen molar-refractivity contribution in [1.82, 2.24) is 0 Å². The molecule has 7 atom stereocenters. The molecule has 0 unspecified atom stereocenters. The number of hydrogen-bond acceptors (Lipinski definition) is 3. The Morgan fingerprint density at radius 2 is 1.61 bits per heavy atom. The lowest BCUT2D eigenvalue weighted by Crippen LogP contribution is -2.54. The van der Waals surface area contributed by atoms with Crippen molar-refractivity contribution in [2.45, 2.75) is 83.9 Å². The Morgan fingerprint density at radius 1 is 1.00 bits per heavy atom. The van der Waals surface area contributed by atoms with Crippen molar-refractivity contribution in [2.75, 3.05) is 0 Å². The van der Waals surface area contributed by atoms with E-state index in [9.17, 15) is 23.1 Å². The maximum absolute atomic E-state index is 11.9. The summed E-state index contributed by atoms with van der Waals surface area (Å²) in [4.78, 5) is 20.8. The van der Waals surface area contributed by atoms with Gasteiger partial charge in [-0.15, -0.1) is 0 Å². The highest BCUT2D eigenvalue weighted by Gasteiger charge is 2.59. The normalized spacial score (nSPS) is 45.2. The second kappa shape index (κ2) is 7.29. The molecule has 0 heterocycles. The number of carbonyl (C=O) groups excluding carboxylic acids is 1. The fourth-order valence-corrected chi connectivity index (χ4v) is 7.02. The second-order valence-corrected chi connectivity index (χ2v) is 9.84. The van der Waals surface area contributed by atoms with Crippen molar-refractivity contribution in [1.29, 1.82) is 0 Å². The number of Topliss-reactive ketones (excluding diaryl/α,β-unsaturated/α-hetero) is 1. The largest absolute Gasteiger partial charge is 0.490 e. The molecule has 0 bridgehead atoms. The van der Waals surface area contributed by atoms with Gasteiger partial charge in [0.2, 0.25) is 0 Å². The summed E-state index contributed by atoms with van der Waals surface area (Å²) in [5.41, 5.74) is 0.598. The molecule has 0 aromatic heterocycles. The highest BCUT2D eigenvalue weighted by molar-refractivity contribution is 5.79. The third-order valence-corrected chi connectivity index (χ3v) is 8.67. The van der Waals surface area contributed by atoms with Crippen LogP contribution in [0.1, 0.15) is 71.6 Å². The number of ketones is 1. The van der Waals surface area contributed by atoms with Crippen molar-refractivity contribution in [3.63, 3.8) is 0 Å². The quantitative estimate of drug-likeness (QED) is 0.619. The standard InChI is InChI=1S/C19H30O2.C2HF3O2/c1-18-9-7-13(20)11-12(18)3-4-14-15-5-6-17(21)19(15,2)10-8-16(14)18;3-2(4,5)1(6)7/h12,14-17,21H,3-11H2,1-2H3;(H,6,7)/t12-,14+,15+,16+,17-,18+,19+;/m1./s1. The number of aliphatic hydroxyl groups excluding tert-OH is 1. The van der Waals surface area contributed by atoms with Crippen LogP contribution in [0.4, 0.5) is 13.2 Å². The molecule has 0 aromatic carbocycles. The lowest BCUT2D eigenvalue weighted by molar-refractivity contribution is -0.192. The first-order chi connectivity index (χ1) is 12.9. The number of carboxylic acid groups (broad SMARTS) is 1. The van der Waals surface area contributed by atoms with E-state index in [0.717, 1.165) is 43.4 Å². The van der Waals surface area contributed by atoms with Crippen LogP contribution in [-0.2, 0) is 9.59 Å². The maximum atomic E-state index is 11.9. The molecule has 4 fully saturated rings. The highest BCUT2D eigenvalue weighted by atomic mass is 19.4. The second-order valence-electron chi connectivity index (χ2n) is 9.84. The number of rotatable bonds is 0. The fourth-order valence-electron chi connectivity index (χ4n) is 7.02. The van der Waals surface area contributed by atoms with E-state index in [1.165, 1.54) is 32.1 Å². The summed E-state index contributed by atoms with van der Waals surface area (Å²) in [6.45, 7) is 4.85. The van der Waals surface area contributed by atoms with Gasteiger partial charge in [-0.1, -0.05) is 13.8 Å². The first-order valence-corrected chi connectivity index (χ1v) is 10.4. The maximum Gasteiger partial charge on any atom is 0.490 e. The molecule has 7 heteroatoms. The van der Waals surface area contributed by atoms with E-state index in [1.54, 1.807) is 0 Å². The minimum atomic E-state index is -5.08. The van der Waals surface area contributed by atoms with Crippen molar-refractivity contribution >= 4 is 11.8 Å². The van der Waals surface area contributed by atoms with Gasteiger partial charge >= 0.3 is 12.1 Å². The van der Waals surface area contributed by atoms with Gasteiger partial charge in [0.1, 0.15) is 5.78 Å². The predicted molar refractivity (Wildman–Crippen MR) is 96.4 cm³/mol. The molecule has 0 aromatic rings. The summed E-state index contributed by atoms with van der Waals surface area (Å²) >= 11 is 0. The van der Waals surface area contributed by atoms with E-state index >= 15 is 0 Å². The summed E-state index contributed by atoms with van der Waals surface area (Å²) in [6.07, 6.45) is 4.96. The van der Waals surface area contributed by atoms with Crippen LogP contribution < -0.4 is 0 Å². The molecule has 0 saturated heterocycles. The van der Waals surface area contributed by atoms with Gasteiger partial charge in [-0.25, -0.2) is 4.79 Å². The molecule has 28 heavy (non-hydrogen) atoms. The summed E-state index contributed by atoms with van der Waals surface area (Å²) in [5.74, 6) is 0.765. The smallest absolute Gasteiger partial charge is 0.475 e. The number of fused-ring (bicyclic) bond motifs is 5. The molecule has 4 aliphatic rings. The Labute approximate surface area is 163 Å². The van der Waals surface area contributed by atoms with Gasteiger partial charge in [0.15, 0.2) is 0 Å². The average Bonchev–Trinajstić information content (AvgIpc) is 2.90. The number of halogens is 3. The first-order valence-electron chi connectivity index (χ1n) is 10.4. The number of aliphatic carboxylic acids is 1. The Kier molecular flexibility index (Phi) is 5.63. The molecular weight excluding hydrogens is 373 g/mol. The number of aliphatic hydroxyl groups is 1. The minimum Gasteiger partial charge on any atom is -0.475 e. The Bertz CT molecular complexity index is 634. The molecule has 4 nitrogen and oxygen atoms in total. The number of alkyl halides is 3.